The molecule has 0 unspecified atom stereocenters. The summed E-state index contributed by atoms with van der Waals surface area (Å²) in [7, 11) is 2.06. The number of piperidine rings is 1. The van der Waals surface area contributed by atoms with Gasteiger partial charge in [-0.1, -0.05) is 24.6 Å². The van der Waals surface area contributed by atoms with Gasteiger partial charge in [0.2, 0.25) is 0 Å². The van der Waals surface area contributed by atoms with Crippen LogP contribution in [0.1, 0.15) is 44.9 Å². The predicted octanol–water partition coefficient (Wildman–Crippen LogP) is 1.88. The highest BCUT2D eigenvalue weighted by Gasteiger charge is 2.21. The summed E-state index contributed by atoms with van der Waals surface area (Å²) in [5, 5.41) is 20.4. The largest absolute Gasteiger partial charge is 0.481 e. The van der Waals surface area contributed by atoms with Crippen LogP contribution in [0, 0.1) is 11.8 Å². The topological polar surface area (TPSA) is 80.0 Å². The van der Waals surface area contributed by atoms with Gasteiger partial charge in [-0.15, -0.1) is 16.1 Å². The minimum Gasteiger partial charge on any atom is -0.481 e. The fraction of sp³-hybridized carbons (Fsp3) is 0.667. The smallest absolute Gasteiger partial charge is 0.300 e. The van der Waals surface area contributed by atoms with E-state index in [1.165, 1.54) is 0 Å². The van der Waals surface area contributed by atoms with Gasteiger partial charge in [0.15, 0.2) is 5.16 Å². The van der Waals surface area contributed by atoms with Crippen LogP contribution in [0.3, 0.4) is 0 Å². The molecule has 2 heterocycles. The van der Waals surface area contributed by atoms with Gasteiger partial charge in [-0.2, -0.15) is 0 Å². The monoisotopic (exact) mass is 324 g/mol. The van der Waals surface area contributed by atoms with Gasteiger partial charge < -0.3 is 15.0 Å². The zero-order chi connectivity index (χ0) is 16.4. The molecule has 0 atom stereocenters. The third-order valence-electron chi connectivity index (χ3n) is 3.15. The summed E-state index contributed by atoms with van der Waals surface area (Å²) >= 11 is 1.67. The lowest BCUT2D eigenvalue weighted by molar-refractivity contribution is -0.134. The SMILES string of the molecule is CC(=O)O.CCC#CCSc1nnc(C2CCNCC2)n1C. The van der Waals surface area contributed by atoms with E-state index in [0.29, 0.717) is 5.92 Å². The van der Waals surface area contributed by atoms with E-state index < -0.39 is 5.97 Å². The average molecular weight is 324 g/mol. The van der Waals surface area contributed by atoms with Gasteiger partial charge in [0.05, 0.1) is 5.75 Å². The lowest BCUT2D eigenvalue weighted by Crippen LogP contribution is -2.27. The molecule has 7 heteroatoms. The van der Waals surface area contributed by atoms with E-state index in [0.717, 1.165) is 56.0 Å². The van der Waals surface area contributed by atoms with Crippen molar-refractivity contribution >= 4 is 17.7 Å². The highest BCUT2D eigenvalue weighted by atomic mass is 32.2. The van der Waals surface area contributed by atoms with Crippen LogP contribution in [0.15, 0.2) is 5.16 Å². The Labute approximate surface area is 136 Å². The maximum absolute atomic E-state index is 9.00. The zero-order valence-electron chi connectivity index (χ0n) is 13.4. The van der Waals surface area contributed by atoms with Crippen molar-refractivity contribution in [1.29, 1.82) is 0 Å². The molecule has 0 spiro atoms. The Morgan fingerprint density at radius 1 is 1.41 bits per heavy atom. The predicted molar refractivity (Wildman–Crippen MR) is 87.9 cm³/mol. The van der Waals surface area contributed by atoms with Gasteiger partial charge >= 0.3 is 0 Å². The molecule has 1 aromatic heterocycles. The Kier molecular flexibility index (Phi) is 8.63. The van der Waals surface area contributed by atoms with E-state index in [4.69, 9.17) is 9.90 Å². The molecule has 1 aliphatic heterocycles. The number of hydrogen-bond donors (Lipinski definition) is 2. The summed E-state index contributed by atoms with van der Waals surface area (Å²) in [6.07, 6.45) is 3.23. The van der Waals surface area contributed by atoms with E-state index in [2.05, 4.69) is 45.9 Å². The van der Waals surface area contributed by atoms with Crippen LogP contribution in [-0.4, -0.2) is 44.7 Å². The number of hydrogen-bond acceptors (Lipinski definition) is 5. The number of thioether (sulfide) groups is 1. The molecule has 1 aromatic rings. The zero-order valence-corrected chi connectivity index (χ0v) is 14.2. The van der Waals surface area contributed by atoms with E-state index >= 15 is 0 Å². The molecule has 0 aromatic carbocycles. The minimum atomic E-state index is -0.833. The van der Waals surface area contributed by atoms with E-state index in [9.17, 15) is 0 Å². The third kappa shape index (κ3) is 6.50. The Hall–Kier alpha value is -1.52. The van der Waals surface area contributed by atoms with Gasteiger partial charge in [0.25, 0.3) is 5.97 Å². The molecule has 0 aliphatic carbocycles. The molecular weight excluding hydrogens is 300 g/mol. The Balaban J connectivity index is 0.000000541. The lowest BCUT2D eigenvalue weighted by atomic mass is 9.97. The fourth-order valence-electron chi connectivity index (χ4n) is 2.16. The molecule has 0 bridgehead atoms. The number of carbonyl (C=O) groups is 1. The van der Waals surface area contributed by atoms with Crippen LogP contribution in [0.25, 0.3) is 0 Å². The molecular formula is C15H24N4O2S. The highest BCUT2D eigenvalue weighted by molar-refractivity contribution is 7.99. The summed E-state index contributed by atoms with van der Waals surface area (Å²) in [5.74, 6) is 7.84. The first-order chi connectivity index (χ1) is 10.6. The summed E-state index contributed by atoms with van der Waals surface area (Å²) in [6, 6.07) is 0. The maximum Gasteiger partial charge on any atom is 0.300 e. The van der Waals surface area contributed by atoms with Crippen LogP contribution >= 0.6 is 11.8 Å². The number of aliphatic carboxylic acids is 1. The van der Waals surface area contributed by atoms with Crippen molar-refractivity contribution in [2.24, 2.45) is 7.05 Å². The third-order valence-corrected chi connectivity index (χ3v) is 4.05. The van der Waals surface area contributed by atoms with E-state index in [-0.39, 0.29) is 0 Å². The first-order valence-corrected chi connectivity index (χ1v) is 8.42. The quantitative estimate of drug-likeness (QED) is 0.653. The van der Waals surface area contributed by atoms with Crippen molar-refractivity contribution < 1.29 is 9.90 Å². The van der Waals surface area contributed by atoms with Crippen molar-refractivity contribution in [3.05, 3.63) is 5.82 Å². The Morgan fingerprint density at radius 3 is 2.64 bits per heavy atom. The van der Waals surface area contributed by atoms with Gasteiger partial charge in [-0.05, 0) is 25.9 Å². The van der Waals surface area contributed by atoms with Crippen molar-refractivity contribution in [3.63, 3.8) is 0 Å². The number of aromatic nitrogens is 3. The van der Waals surface area contributed by atoms with E-state index in [1.54, 1.807) is 11.8 Å². The molecule has 22 heavy (non-hydrogen) atoms. The van der Waals surface area contributed by atoms with Crippen LogP contribution in [0.4, 0.5) is 0 Å². The van der Waals surface area contributed by atoms with Gasteiger partial charge in [0, 0.05) is 26.3 Å². The van der Waals surface area contributed by atoms with Crippen molar-refractivity contribution in [1.82, 2.24) is 20.1 Å². The average Bonchev–Trinajstić information content (AvgIpc) is 2.85. The normalized spacial score (nSPS) is 14.5. The maximum atomic E-state index is 9.00. The number of nitrogens with one attached hydrogen (secondary N) is 1. The Morgan fingerprint density at radius 2 is 2.05 bits per heavy atom. The highest BCUT2D eigenvalue weighted by Crippen LogP contribution is 2.25. The second-order valence-electron chi connectivity index (χ2n) is 4.94. The van der Waals surface area contributed by atoms with Crippen molar-refractivity contribution in [3.8, 4) is 11.8 Å². The number of rotatable bonds is 3. The van der Waals surface area contributed by atoms with Crippen molar-refractivity contribution in [2.45, 2.75) is 44.2 Å². The summed E-state index contributed by atoms with van der Waals surface area (Å²) in [6.45, 7) is 5.32. The van der Waals surface area contributed by atoms with E-state index in [1.807, 2.05) is 0 Å². The standard InChI is InChI=1S/C13H20N4S.C2H4O2/c1-3-4-5-10-18-13-16-15-12(17(13)2)11-6-8-14-9-7-11;1-2(3)4/h11,14H,3,6-10H2,1-2H3;1H3,(H,3,4). The summed E-state index contributed by atoms with van der Waals surface area (Å²) < 4.78 is 2.13. The molecule has 2 N–H and O–H groups in total. The van der Waals surface area contributed by atoms with Crippen LogP contribution < -0.4 is 5.32 Å². The van der Waals surface area contributed by atoms with Crippen LogP contribution in [-0.2, 0) is 11.8 Å². The second-order valence-corrected chi connectivity index (χ2v) is 5.88. The molecule has 0 radical (unpaired) electrons. The number of carboxylic acid groups (broad SMARTS) is 1. The van der Waals surface area contributed by atoms with Crippen molar-refractivity contribution in [2.75, 3.05) is 18.8 Å². The van der Waals surface area contributed by atoms with Crippen LogP contribution in [0.5, 0.6) is 0 Å². The summed E-state index contributed by atoms with van der Waals surface area (Å²) in [4.78, 5) is 9.00. The molecule has 0 amide bonds. The first kappa shape index (κ1) is 18.5. The number of nitrogens with zero attached hydrogens (tertiary/aromatic N) is 3. The minimum absolute atomic E-state index is 0.555. The molecule has 0 saturated carbocycles. The van der Waals surface area contributed by atoms with Crippen LogP contribution in [0.2, 0.25) is 0 Å². The molecule has 1 aliphatic rings. The molecule has 1 saturated heterocycles. The second kappa shape index (κ2) is 10.2. The van der Waals surface area contributed by atoms with Gasteiger partial charge in [-0.3, -0.25) is 4.79 Å². The van der Waals surface area contributed by atoms with Gasteiger partial charge in [0.1, 0.15) is 5.82 Å². The molecule has 6 nitrogen and oxygen atoms in total. The molecule has 1 fully saturated rings. The number of carboxylic acids is 1. The van der Waals surface area contributed by atoms with Gasteiger partial charge in [-0.25, -0.2) is 0 Å². The lowest BCUT2D eigenvalue weighted by Gasteiger charge is -2.21. The Bertz CT molecular complexity index is 523. The molecule has 122 valence electrons. The molecule has 2 rings (SSSR count). The first-order valence-electron chi connectivity index (χ1n) is 7.44. The fourth-order valence-corrected chi connectivity index (χ4v) is 2.85. The summed E-state index contributed by atoms with van der Waals surface area (Å²) in [5.41, 5.74) is 0.